The van der Waals surface area contributed by atoms with Gasteiger partial charge in [-0.25, -0.2) is 4.79 Å². The second kappa shape index (κ2) is 7.09. The van der Waals surface area contributed by atoms with E-state index >= 15 is 0 Å². The number of amides is 3. The first kappa shape index (κ1) is 18.2. The van der Waals surface area contributed by atoms with E-state index in [4.69, 9.17) is 5.11 Å². The van der Waals surface area contributed by atoms with E-state index in [-0.39, 0.29) is 24.5 Å². The molecule has 0 spiro atoms. The maximum absolute atomic E-state index is 11.4. The molecule has 1 atom stereocenters. The average molecular weight is 289 g/mol. The van der Waals surface area contributed by atoms with Crippen LogP contribution in [0.4, 0.5) is 4.79 Å². The van der Waals surface area contributed by atoms with Crippen LogP contribution >= 0.6 is 0 Å². The zero-order chi connectivity index (χ0) is 16.0. The second-order valence-electron chi connectivity index (χ2n) is 5.90. The molecule has 116 valence electrons. The van der Waals surface area contributed by atoms with Crippen molar-refractivity contribution in [3.05, 3.63) is 0 Å². The molecule has 8 heteroatoms. The Bertz CT molecular complexity index is 374. The van der Waals surface area contributed by atoms with Gasteiger partial charge in [-0.2, -0.15) is 0 Å². The van der Waals surface area contributed by atoms with Gasteiger partial charge < -0.3 is 26.2 Å². The van der Waals surface area contributed by atoms with Crippen molar-refractivity contribution in [2.45, 2.75) is 45.3 Å². The van der Waals surface area contributed by atoms with Gasteiger partial charge >= 0.3 is 12.0 Å². The number of nitrogens with one attached hydrogen (secondary N) is 3. The van der Waals surface area contributed by atoms with Gasteiger partial charge in [0.05, 0.1) is 18.6 Å². The van der Waals surface area contributed by atoms with Gasteiger partial charge in [-0.1, -0.05) is 0 Å². The highest BCUT2D eigenvalue weighted by molar-refractivity contribution is 5.84. The molecule has 0 aromatic heterocycles. The number of carboxylic acids is 1. The summed E-state index contributed by atoms with van der Waals surface area (Å²) in [6, 6.07) is -0.653. The minimum Gasteiger partial charge on any atom is -0.481 e. The number of rotatable bonds is 6. The molecule has 0 fully saturated rings. The molecule has 0 bridgehead atoms. The van der Waals surface area contributed by atoms with Crippen molar-refractivity contribution in [3.63, 3.8) is 0 Å². The lowest BCUT2D eigenvalue weighted by atomic mass is 10.0. The van der Waals surface area contributed by atoms with Crippen LogP contribution in [0.3, 0.4) is 0 Å². The number of carbonyl (C=O) groups excluding carboxylic acids is 2. The van der Waals surface area contributed by atoms with Crippen molar-refractivity contribution in [1.29, 1.82) is 0 Å². The number of carbonyl (C=O) groups is 3. The number of aliphatic hydroxyl groups is 1. The minimum absolute atomic E-state index is 0.204. The lowest BCUT2D eigenvalue weighted by molar-refractivity contribution is -0.141. The first-order valence-corrected chi connectivity index (χ1v) is 6.18. The number of hydrogen-bond acceptors (Lipinski definition) is 4. The first-order valence-electron chi connectivity index (χ1n) is 6.18. The topological polar surface area (TPSA) is 128 Å². The maximum atomic E-state index is 11.4. The highest BCUT2D eigenvalue weighted by Crippen LogP contribution is 2.06. The summed E-state index contributed by atoms with van der Waals surface area (Å²) < 4.78 is 0. The van der Waals surface area contributed by atoms with Crippen molar-refractivity contribution in [2.24, 2.45) is 0 Å². The maximum Gasteiger partial charge on any atom is 0.315 e. The average Bonchev–Trinajstić information content (AvgIpc) is 2.19. The third kappa shape index (κ3) is 10.1. The Kier molecular flexibility index (Phi) is 6.44. The van der Waals surface area contributed by atoms with Crippen molar-refractivity contribution in [3.8, 4) is 0 Å². The van der Waals surface area contributed by atoms with Gasteiger partial charge in [0.2, 0.25) is 5.91 Å². The highest BCUT2D eigenvalue weighted by atomic mass is 16.4. The molecule has 0 heterocycles. The van der Waals surface area contributed by atoms with E-state index < -0.39 is 24.0 Å². The van der Waals surface area contributed by atoms with E-state index in [2.05, 4.69) is 16.0 Å². The SMILES string of the molecule is CC(O)(CNC(=O)NCC(=O)NC(C)(C)C)CC(=O)O. The Morgan fingerprint density at radius 3 is 2.05 bits per heavy atom. The van der Waals surface area contributed by atoms with Crippen LogP contribution in [0.1, 0.15) is 34.1 Å². The summed E-state index contributed by atoms with van der Waals surface area (Å²) in [4.78, 5) is 33.3. The zero-order valence-electron chi connectivity index (χ0n) is 12.2. The molecule has 0 aromatic rings. The molecule has 0 aromatic carbocycles. The van der Waals surface area contributed by atoms with E-state index in [0.29, 0.717) is 0 Å². The summed E-state index contributed by atoms with van der Waals surface area (Å²) in [6.07, 6.45) is -0.488. The predicted molar refractivity (Wildman–Crippen MR) is 72.2 cm³/mol. The van der Waals surface area contributed by atoms with Crippen LogP contribution in [0.15, 0.2) is 0 Å². The Morgan fingerprint density at radius 2 is 1.60 bits per heavy atom. The fraction of sp³-hybridized carbons (Fsp3) is 0.750. The molecule has 0 aliphatic heterocycles. The van der Waals surface area contributed by atoms with Gasteiger partial charge in [0.1, 0.15) is 0 Å². The van der Waals surface area contributed by atoms with Gasteiger partial charge in [0.15, 0.2) is 0 Å². The van der Waals surface area contributed by atoms with E-state index in [1.54, 1.807) is 0 Å². The van der Waals surface area contributed by atoms with Crippen molar-refractivity contribution >= 4 is 17.9 Å². The molecule has 0 saturated carbocycles. The normalized spacial score (nSPS) is 14.1. The quantitative estimate of drug-likeness (QED) is 0.447. The fourth-order valence-corrected chi connectivity index (χ4v) is 1.34. The lowest BCUT2D eigenvalue weighted by Gasteiger charge is -2.22. The summed E-state index contributed by atoms with van der Waals surface area (Å²) in [5.74, 6) is -1.51. The van der Waals surface area contributed by atoms with Crippen LogP contribution in [-0.4, -0.2) is 52.4 Å². The first-order chi connectivity index (χ1) is 8.91. The molecular formula is C12H23N3O5. The molecule has 5 N–H and O–H groups in total. The molecule has 0 aliphatic rings. The van der Waals surface area contributed by atoms with E-state index in [0.717, 1.165) is 0 Å². The summed E-state index contributed by atoms with van der Waals surface area (Å²) in [7, 11) is 0. The molecule has 0 aliphatic carbocycles. The molecule has 20 heavy (non-hydrogen) atoms. The molecule has 3 amide bonds. The Morgan fingerprint density at radius 1 is 1.05 bits per heavy atom. The van der Waals surface area contributed by atoms with E-state index in [1.807, 2.05) is 20.8 Å². The number of urea groups is 1. The minimum atomic E-state index is -1.54. The Labute approximate surface area is 117 Å². The number of hydrogen-bond donors (Lipinski definition) is 5. The third-order valence-corrected chi connectivity index (χ3v) is 2.09. The summed E-state index contributed by atoms with van der Waals surface area (Å²) >= 11 is 0. The van der Waals surface area contributed by atoms with Crippen LogP contribution < -0.4 is 16.0 Å². The van der Waals surface area contributed by atoms with E-state index in [9.17, 15) is 19.5 Å². The molecule has 1 unspecified atom stereocenters. The number of carboxylic acid groups (broad SMARTS) is 1. The molecule has 0 saturated heterocycles. The molecular weight excluding hydrogens is 266 g/mol. The monoisotopic (exact) mass is 289 g/mol. The number of aliphatic carboxylic acids is 1. The Hall–Kier alpha value is -1.83. The smallest absolute Gasteiger partial charge is 0.315 e. The summed E-state index contributed by atoms with van der Waals surface area (Å²) in [6.45, 7) is 6.31. The van der Waals surface area contributed by atoms with E-state index in [1.165, 1.54) is 6.92 Å². The van der Waals surface area contributed by atoms with Crippen molar-refractivity contribution < 1.29 is 24.6 Å². The summed E-state index contributed by atoms with van der Waals surface area (Å²) in [5.41, 5.74) is -1.93. The van der Waals surface area contributed by atoms with Gasteiger partial charge in [-0.15, -0.1) is 0 Å². The van der Waals surface area contributed by atoms with Gasteiger partial charge in [-0.05, 0) is 27.7 Å². The lowest BCUT2D eigenvalue weighted by Crippen LogP contribution is -2.50. The van der Waals surface area contributed by atoms with Crippen molar-refractivity contribution in [1.82, 2.24) is 16.0 Å². The zero-order valence-corrected chi connectivity index (χ0v) is 12.2. The second-order valence-corrected chi connectivity index (χ2v) is 5.90. The predicted octanol–water partition coefficient (Wildman–Crippen LogP) is -0.574. The van der Waals surface area contributed by atoms with Gasteiger partial charge in [0, 0.05) is 12.1 Å². The van der Waals surface area contributed by atoms with Crippen LogP contribution in [0.2, 0.25) is 0 Å². The van der Waals surface area contributed by atoms with Crippen LogP contribution in [0.5, 0.6) is 0 Å². The standard InChI is InChI=1S/C12H23N3O5/c1-11(2,3)15-8(16)6-13-10(19)14-7-12(4,20)5-9(17)18/h20H,5-7H2,1-4H3,(H,15,16)(H,17,18)(H2,13,14,19). The molecule has 8 nitrogen and oxygen atoms in total. The van der Waals surface area contributed by atoms with Gasteiger partial charge in [-0.3, -0.25) is 9.59 Å². The highest BCUT2D eigenvalue weighted by Gasteiger charge is 2.24. The van der Waals surface area contributed by atoms with Crippen LogP contribution in [0, 0.1) is 0 Å². The fourth-order valence-electron chi connectivity index (χ4n) is 1.34. The largest absolute Gasteiger partial charge is 0.481 e. The van der Waals surface area contributed by atoms with Crippen LogP contribution in [-0.2, 0) is 9.59 Å². The van der Waals surface area contributed by atoms with Crippen molar-refractivity contribution in [2.75, 3.05) is 13.1 Å². The summed E-state index contributed by atoms with van der Waals surface area (Å²) in [5, 5.41) is 25.5. The Balaban J connectivity index is 4.01. The van der Waals surface area contributed by atoms with Crippen LogP contribution in [0.25, 0.3) is 0 Å². The third-order valence-electron chi connectivity index (χ3n) is 2.09. The molecule has 0 radical (unpaired) electrons. The van der Waals surface area contributed by atoms with Gasteiger partial charge in [0.25, 0.3) is 0 Å². The molecule has 0 rings (SSSR count).